The van der Waals surface area contributed by atoms with E-state index in [9.17, 15) is 0 Å². The molecule has 1 nitrogen and oxygen atoms in total. The molecule has 56 heavy (non-hydrogen) atoms. The third kappa shape index (κ3) is 6.03. The Morgan fingerprint density at radius 3 is 1.77 bits per heavy atom. The molecule has 0 atom stereocenters. The van der Waals surface area contributed by atoms with Gasteiger partial charge >= 0.3 is 0 Å². The van der Waals surface area contributed by atoms with Crippen LogP contribution in [0, 0.1) is 0 Å². The van der Waals surface area contributed by atoms with Crippen LogP contribution in [0.4, 0.5) is 17.1 Å². The molecule has 0 unspecified atom stereocenters. The van der Waals surface area contributed by atoms with E-state index in [-0.39, 0.29) is 5.41 Å². The molecule has 0 heterocycles. The number of benzene rings is 8. The molecule has 0 N–H and O–H groups in total. The molecule has 0 spiro atoms. The summed E-state index contributed by atoms with van der Waals surface area (Å²) < 4.78 is 0. The average Bonchev–Trinajstić information content (AvgIpc) is 3.49. The molecular formula is C55H47N. The summed E-state index contributed by atoms with van der Waals surface area (Å²) >= 11 is 0. The molecule has 8 aromatic rings. The number of anilines is 3. The molecule has 1 fully saturated rings. The van der Waals surface area contributed by atoms with E-state index in [0.29, 0.717) is 5.92 Å². The van der Waals surface area contributed by atoms with Gasteiger partial charge in [-0.1, -0.05) is 173 Å². The zero-order valence-electron chi connectivity index (χ0n) is 32.4. The highest BCUT2D eigenvalue weighted by atomic mass is 15.1. The summed E-state index contributed by atoms with van der Waals surface area (Å²) in [5.74, 6) is 0.673. The monoisotopic (exact) mass is 721 g/mol. The summed E-state index contributed by atoms with van der Waals surface area (Å²) in [4.78, 5) is 2.46. The van der Waals surface area contributed by atoms with Crippen LogP contribution in [0.3, 0.4) is 0 Å². The predicted molar refractivity (Wildman–Crippen MR) is 238 cm³/mol. The van der Waals surface area contributed by atoms with Gasteiger partial charge in [0.2, 0.25) is 0 Å². The van der Waals surface area contributed by atoms with Gasteiger partial charge in [0.1, 0.15) is 0 Å². The SMILES string of the molecule is CC1(C)c2ccccc2-c2ccc(N(c3ccc(-c4c(-c5ccccc5)cccc4-c4ccc5ccccc5c4)cc3)c3ccc(C4CCCCC4)cc3)cc21. The number of hydrogen-bond acceptors (Lipinski definition) is 1. The fraction of sp³-hybridized carbons (Fsp3) is 0.164. The summed E-state index contributed by atoms with van der Waals surface area (Å²) in [6.07, 6.45) is 6.66. The summed E-state index contributed by atoms with van der Waals surface area (Å²) in [6, 6.07) is 67.9. The molecule has 1 saturated carbocycles. The molecule has 8 aromatic carbocycles. The van der Waals surface area contributed by atoms with Crippen molar-refractivity contribution in [3.8, 4) is 44.5 Å². The molecular weight excluding hydrogens is 675 g/mol. The lowest BCUT2D eigenvalue weighted by molar-refractivity contribution is 0.443. The first kappa shape index (κ1) is 34.3. The zero-order chi connectivity index (χ0) is 37.6. The van der Waals surface area contributed by atoms with Gasteiger partial charge in [-0.25, -0.2) is 0 Å². The first-order valence-corrected chi connectivity index (χ1v) is 20.5. The number of fused-ring (bicyclic) bond motifs is 4. The van der Waals surface area contributed by atoms with Crippen LogP contribution in [-0.4, -0.2) is 0 Å². The van der Waals surface area contributed by atoms with E-state index >= 15 is 0 Å². The van der Waals surface area contributed by atoms with Crippen molar-refractivity contribution in [1.29, 1.82) is 0 Å². The molecule has 2 aliphatic carbocycles. The number of nitrogens with zero attached hydrogens (tertiary/aromatic N) is 1. The Kier molecular flexibility index (Phi) is 8.67. The van der Waals surface area contributed by atoms with Crippen molar-refractivity contribution in [3.05, 3.63) is 199 Å². The molecule has 0 aliphatic heterocycles. The fourth-order valence-electron chi connectivity index (χ4n) is 9.71. The smallest absolute Gasteiger partial charge is 0.0465 e. The van der Waals surface area contributed by atoms with Crippen molar-refractivity contribution in [2.75, 3.05) is 4.90 Å². The second-order valence-electron chi connectivity index (χ2n) is 16.4. The molecule has 0 amide bonds. The van der Waals surface area contributed by atoms with Gasteiger partial charge in [0.15, 0.2) is 0 Å². The Morgan fingerprint density at radius 2 is 1.00 bits per heavy atom. The van der Waals surface area contributed by atoms with Crippen LogP contribution in [0.25, 0.3) is 55.3 Å². The summed E-state index contributed by atoms with van der Waals surface area (Å²) in [5, 5.41) is 2.51. The van der Waals surface area contributed by atoms with Crippen LogP contribution < -0.4 is 4.90 Å². The predicted octanol–water partition coefficient (Wildman–Crippen LogP) is 15.7. The number of hydrogen-bond donors (Lipinski definition) is 0. The minimum Gasteiger partial charge on any atom is -0.310 e. The number of rotatable bonds is 7. The van der Waals surface area contributed by atoms with Gasteiger partial charge in [-0.05, 0) is 133 Å². The van der Waals surface area contributed by atoms with Crippen molar-refractivity contribution in [2.24, 2.45) is 0 Å². The standard InChI is InChI=1S/C55H47N/c1-55(2)52-23-12-11-20-50(52)51-35-34-47(37-53(51)55)56(45-30-26-40(27-31-45)38-14-5-3-6-15-38)46-32-28-42(29-33-46)54-48(41-17-7-4-8-18-41)21-13-22-49(54)44-25-24-39-16-9-10-19-43(39)36-44/h4,7-13,16-38H,3,5-6,14-15H2,1-2H3. The molecule has 272 valence electrons. The highest BCUT2D eigenvalue weighted by Gasteiger charge is 2.35. The maximum absolute atomic E-state index is 2.46. The Bertz CT molecular complexity index is 2680. The second kappa shape index (κ2) is 14.2. The van der Waals surface area contributed by atoms with E-state index in [1.54, 1.807) is 0 Å². The van der Waals surface area contributed by atoms with Gasteiger partial charge in [-0.15, -0.1) is 0 Å². The lowest BCUT2D eigenvalue weighted by atomic mass is 9.82. The van der Waals surface area contributed by atoms with Crippen molar-refractivity contribution < 1.29 is 0 Å². The minimum atomic E-state index is -0.0807. The van der Waals surface area contributed by atoms with E-state index in [2.05, 4.69) is 201 Å². The second-order valence-corrected chi connectivity index (χ2v) is 16.4. The third-order valence-electron chi connectivity index (χ3n) is 12.7. The molecule has 0 radical (unpaired) electrons. The van der Waals surface area contributed by atoms with E-state index in [1.807, 2.05) is 0 Å². The van der Waals surface area contributed by atoms with Crippen LogP contribution in [-0.2, 0) is 5.41 Å². The van der Waals surface area contributed by atoms with Gasteiger partial charge in [0.25, 0.3) is 0 Å². The molecule has 1 heteroatoms. The Balaban J connectivity index is 1.10. The summed E-state index contributed by atoms with van der Waals surface area (Å²) in [5.41, 5.74) is 17.8. The van der Waals surface area contributed by atoms with Gasteiger partial charge in [0.05, 0.1) is 0 Å². The van der Waals surface area contributed by atoms with Crippen molar-refractivity contribution in [2.45, 2.75) is 57.3 Å². The van der Waals surface area contributed by atoms with Crippen LogP contribution in [0.15, 0.2) is 182 Å². The Morgan fingerprint density at radius 1 is 0.411 bits per heavy atom. The normalized spacial score (nSPS) is 14.7. The van der Waals surface area contributed by atoms with Gasteiger partial charge in [-0.2, -0.15) is 0 Å². The van der Waals surface area contributed by atoms with E-state index < -0.39 is 0 Å². The third-order valence-corrected chi connectivity index (χ3v) is 12.7. The lowest BCUT2D eigenvalue weighted by Crippen LogP contribution is -2.16. The average molecular weight is 722 g/mol. The van der Waals surface area contributed by atoms with Crippen LogP contribution in [0.5, 0.6) is 0 Å². The molecule has 10 rings (SSSR count). The Hall–Kier alpha value is -6.18. The highest BCUT2D eigenvalue weighted by Crippen LogP contribution is 2.51. The molecule has 0 bridgehead atoms. The minimum absolute atomic E-state index is 0.0807. The first-order valence-electron chi connectivity index (χ1n) is 20.5. The lowest BCUT2D eigenvalue weighted by Gasteiger charge is -2.29. The Labute approximate surface area is 331 Å². The van der Waals surface area contributed by atoms with Crippen molar-refractivity contribution in [1.82, 2.24) is 0 Å². The maximum Gasteiger partial charge on any atom is 0.0465 e. The highest BCUT2D eigenvalue weighted by molar-refractivity contribution is 5.97. The topological polar surface area (TPSA) is 3.24 Å². The first-order chi connectivity index (χ1) is 27.5. The molecule has 0 aromatic heterocycles. The summed E-state index contributed by atoms with van der Waals surface area (Å²) in [7, 11) is 0. The van der Waals surface area contributed by atoms with Gasteiger partial charge in [0, 0.05) is 22.5 Å². The zero-order valence-corrected chi connectivity index (χ0v) is 32.4. The largest absolute Gasteiger partial charge is 0.310 e. The van der Waals surface area contributed by atoms with Crippen LogP contribution in [0.2, 0.25) is 0 Å². The van der Waals surface area contributed by atoms with Gasteiger partial charge in [-0.3, -0.25) is 0 Å². The maximum atomic E-state index is 2.46. The quantitative estimate of drug-likeness (QED) is 0.158. The van der Waals surface area contributed by atoms with Crippen LogP contribution in [0.1, 0.15) is 68.6 Å². The molecule has 0 saturated heterocycles. The fourth-order valence-corrected chi connectivity index (χ4v) is 9.71. The summed E-state index contributed by atoms with van der Waals surface area (Å²) in [6.45, 7) is 4.74. The van der Waals surface area contributed by atoms with Crippen molar-refractivity contribution in [3.63, 3.8) is 0 Å². The van der Waals surface area contributed by atoms with Crippen LogP contribution >= 0.6 is 0 Å². The van der Waals surface area contributed by atoms with E-state index in [0.717, 1.165) is 5.69 Å². The van der Waals surface area contributed by atoms with Gasteiger partial charge < -0.3 is 4.90 Å². The van der Waals surface area contributed by atoms with E-state index in [4.69, 9.17) is 0 Å². The van der Waals surface area contributed by atoms with Crippen molar-refractivity contribution >= 4 is 27.8 Å². The molecule has 2 aliphatic rings. The van der Waals surface area contributed by atoms with E-state index in [1.165, 1.54) is 115 Å².